The molecule has 6 heteroatoms. The molecule has 1 atom stereocenters. The number of aliphatic hydroxyl groups is 4. The third-order valence-corrected chi connectivity index (χ3v) is 5.29. The van der Waals surface area contributed by atoms with Gasteiger partial charge in [0.25, 0.3) is 5.79 Å². The molecule has 6 nitrogen and oxygen atoms in total. The van der Waals surface area contributed by atoms with E-state index in [2.05, 4.69) is 0 Å². The van der Waals surface area contributed by atoms with Crippen molar-refractivity contribution >= 4 is 0 Å². The van der Waals surface area contributed by atoms with E-state index in [-0.39, 0.29) is 12.0 Å². The molecule has 1 spiro atoms. The summed E-state index contributed by atoms with van der Waals surface area (Å²) < 4.78 is 0. The van der Waals surface area contributed by atoms with Crippen LogP contribution in [-0.4, -0.2) is 36.4 Å². The predicted octanol–water partition coefficient (Wildman–Crippen LogP) is 0.162. The fraction of sp³-hybridized carbons (Fsp3) is 0.294. The maximum absolute atomic E-state index is 10.7. The SMILES string of the molecule is Oc1ccc2c(c1O)C(O)(O)C(O)(O)C21CCc2ccccc21. The summed E-state index contributed by atoms with van der Waals surface area (Å²) >= 11 is 0. The fourth-order valence-corrected chi connectivity index (χ4v) is 4.20. The first-order valence-electron chi connectivity index (χ1n) is 7.29. The number of rotatable bonds is 0. The topological polar surface area (TPSA) is 121 Å². The lowest BCUT2D eigenvalue weighted by molar-refractivity contribution is -0.375. The largest absolute Gasteiger partial charge is 0.504 e. The molecule has 2 aliphatic carbocycles. The second kappa shape index (κ2) is 4.04. The maximum Gasteiger partial charge on any atom is 0.251 e. The van der Waals surface area contributed by atoms with E-state index in [0.29, 0.717) is 12.0 Å². The number of fused-ring (bicyclic) bond motifs is 4. The number of phenolic OH excluding ortho intramolecular Hbond substituents is 2. The van der Waals surface area contributed by atoms with E-state index in [1.54, 1.807) is 12.1 Å². The van der Waals surface area contributed by atoms with Crippen molar-refractivity contribution in [1.29, 1.82) is 0 Å². The lowest BCUT2D eigenvalue weighted by atomic mass is 9.72. The molecule has 0 amide bonds. The van der Waals surface area contributed by atoms with Gasteiger partial charge >= 0.3 is 0 Å². The quantitative estimate of drug-likeness (QED) is 0.304. The summed E-state index contributed by atoms with van der Waals surface area (Å²) in [6, 6.07) is 9.70. The molecular weight excluding hydrogens is 300 g/mol. The van der Waals surface area contributed by atoms with E-state index in [1.165, 1.54) is 12.1 Å². The van der Waals surface area contributed by atoms with E-state index in [9.17, 15) is 30.6 Å². The van der Waals surface area contributed by atoms with Gasteiger partial charge in [-0.15, -0.1) is 0 Å². The van der Waals surface area contributed by atoms with Gasteiger partial charge in [-0.3, -0.25) is 0 Å². The normalized spacial score (nSPS) is 26.3. The standard InChI is InChI=1S/C17H16O6/c18-12-6-5-11-13(14(12)19)16(20,21)17(22,23)15(11)8-7-9-3-1-2-4-10(9)15/h1-6,18-23H,7-8H2. The molecule has 0 fully saturated rings. The van der Waals surface area contributed by atoms with Crippen LogP contribution in [0.3, 0.4) is 0 Å². The molecular formula is C17H16O6. The van der Waals surface area contributed by atoms with Gasteiger partial charge in [0, 0.05) is 0 Å². The van der Waals surface area contributed by atoms with Crippen molar-refractivity contribution in [3.05, 3.63) is 58.7 Å². The van der Waals surface area contributed by atoms with Gasteiger partial charge in [-0.2, -0.15) is 0 Å². The summed E-state index contributed by atoms with van der Waals surface area (Å²) in [7, 11) is 0. The van der Waals surface area contributed by atoms with Crippen LogP contribution in [0.2, 0.25) is 0 Å². The van der Waals surface area contributed by atoms with Crippen molar-refractivity contribution in [2.75, 3.05) is 0 Å². The number of hydrogen-bond acceptors (Lipinski definition) is 6. The highest BCUT2D eigenvalue weighted by atomic mass is 16.6. The fourth-order valence-electron chi connectivity index (χ4n) is 4.20. The van der Waals surface area contributed by atoms with Crippen LogP contribution in [0.5, 0.6) is 11.5 Å². The van der Waals surface area contributed by atoms with Crippen LogP contribution in [0.1, 0.15) is 28.7 Å². The van der Waals surface area contributed by atoms with Gasteiger partial charge < -0.3 is 30.6 Å². The number of hydrogen-bond donors (Lipinski definition) is 6. The molecule has 6 N–H and O–H groups in total. The first kappa shape index (κ1) is 14.5. The number of benzene rings is 2. The molecule has 2 aliphatic rings. The zero-order valence-corrected chi connectivity index (χ0v) is 12.1. The molecule has 2 aromatic rings. The third kappa shape index (κ3) is 1.38. The van der Waals surface area contributed by atoms with E-state index >= 15 is 0 Å². The van der Waals surface area contributed by atoms with Crippen molar-refractivity contribution < 1.29 is 30.6 Å². The number of aryl methyl sites for hydroxylation is 1. The van der Waals surface area contributed by atoms with Crippen molar-refractivity contribution in [2.45, 2.75) is 29.8 Å². The molecule has 23 heavy (non-hydrogen) atoms. The van der Waals surface area contributed by atoms with Gasteiger partial charge in [0.05, 0.1) is 11.0 Å². The van der Waals surface area contributed by atoms with Gasteiger partial charge in [-0.1, -0.05) is 30.3 Å². The summed E-state index contributed by atoms with van der Waals surface area (Å²) in [4.78, 5) is 0. The van der Waals surface area contributed by atoms with Crippen LogP contribution in [0.4, 0.5) is 0 Å². The maximum atomic E-state index is 10.7. The molecule has 0 heterocycles. The Morgan fingerprint density at radius 3 is 2.26 bits per heavy atom. The van der Waals surface area contributed by atoms with Gasteiger partial charge in [0.15, 0.2) is 11.5 Å². The minimum absolute atomic E-state index is 0.188. The minimum Gasteiger partial charge on any atom is -0.504 e. The van der Waals surface area contributed by atoms with Crippen LogP contribution in [0.25, 0.3) is 0 Å². The number of phenols is 2. The highest BCUT2D eigenvalue weighted by Gasteiger charge is 2.72. The summed E-state index contributed by atoms with van der Waals surface area (Å²) in [5.74, 6) is -7.40. The van der Waals surface area contributed by atoms with E-state index in [1.807, 2.05) is 12.1 Å². The molecule has 1 unspecified atom stereocenters. The Balaban J connectivity index is 2.14. The molecule has 4 rings (SSSR count). The minimum atomic E-state index is -3.12. The highest BCUT2D eigenvalue weighted by molar-refractivity contribution is 5.64. The third-order valence-electron chi connectivity index (χ3n) is 5.29. The lowest BCUT2D eigenvalue weighted by Gasteiger charge is -2.40. The molecule has 0 bridgehead atoms. The first-order chi connectivity index (χ1) is 10.7. The van der Waals surface area contributed by atoms with Crippen LogP contribution in [-0.2, 0) is 17.6 Å². The summed E-state index contributed by atoms with van der Waals surface area (Å²) in [6.45, 7) is 0. The van der Waals surface area contributed by atoms with Gasteiger partial charge in [0.1, 0.15) is 0 Å². The Labute approximate surface area is 131 Å². The Bertz CT molecular complexity index is 826. The van der Waals surface area contributed by atoms with Gasteiger partial charge in [-0.25, -0.2) is 0 Å². The van der Waals surface area contributed by atoms with Crippen molar-refractivity contribution in [3.63, 3.8) is 0 Å². The van der Waals surface area contributed by atoms with Crippen LogP contribution < -0.4 is 0 Å². The second-order valence-corrected chi connectivity index (χ2v) is 6.26. The zero-order chi connectivity index (χ0) is 16.6. The average Bonchev–Trinajstić information content (AvgIpc) is 2.95. The van der Waals surface area contributed by atoms with Crippen molar-refractivity contribution in [2.24, 2.45) is 0 Å². The molecule has 0 aliphatic heterocycles. The Kier molecular flexibility index (Phi) is 2.54. The summed E-state index contributed by atoms with van der Waals surface area (Å²) in [5.41, 5.74) is -0.336. The van der Waals surface area contributed by atoms with E-state index in [4.69, 9.17) is 0 Å². The summed E-state index contributed by atoms with van der Waals surface area (Å²) in [5, 5.41) is 62.0. The molecule has 120 valence electrons. The van der Waals surface area contributed by atoms with E-state index < -0.39 is 34.1 Å². The highest BCUT2D eigenvalue weighted by Crippen LogP contribution is 2.63. The van der Waals surface area contributed by atoms with Crippen LogP contribution >= 0.6 is 0 Å². The smallest absolute Gasteiger partial charge is 0.251 e. The second-order valence-electron chi connectivity index (χ2n) is 6.26. The average molecular weight is 316 g/mol. The Hall–Kier alpha value is -2.12. The molecule has 2 aromatic carbocycles. The number of aromatic hydroxyl groups is 2. The Morgan fingerprint density at radius 1 is 0.826 bits per heavy atom. The van der Waals surface area contributed by atoms with Gasteiger partial charge in [-0.05, 0) is 35.6 Å². The zero-order valence-electron chi connectivity index (χ0n) is 12.1. The van der Waals surface area contributed by atoms with Crippen molar-refractivity contribution in [3.8, 4) is 11.5 Å². The van der Waals surface area contributed by atoms with Crippen LogP contribution in [0.15, 0.2) is 36.4 Å². The predicted molar refractivity (Wildman–Crippen MR) is 78.6 cm³/mol. The molecule has 0 radical (unpaired) electrons. The molecule has 0 saturated heterocycles. The molecule has 0 saturated carbocycles. The van der Waals surface area contributed by atoms with Crippen molar-refractivity contribution in [1.82, 2.24) is 0 Å². The van der Waals surface area contributed by atoms with Crippen LogP contribution in [0, 0.1) is 0 Å². The Morgan fingerprint density at radius 2 is 1.52 bits per heavy atom. The van der Waals surface area contributed by atoms with Gasteiger partial charge in [0.2, 0.25) is 5.79 Å². The lowest BCUT2D eigenvalue weighted by Crippen LogP contribution is -2.59. The first-order valence-corrected chi connectivity index (χ1v) is 7.29. The van der Waals surface area contributed by atoms with E-state index in [0.717, 1.165) is 5.56 Å². The molecule has 0 aromatic heterocycles. The monoisotopic (exact) mass is 316 g/mol. The summed E-state index contributed by atoms with van der Waals surface area (Å²) in [6.07, 6.45) is 0.760.